The van der Waals surface area contributed by atoms with Crippen LogP contribution in [0.5, 0.6) is 5.75 Å². The summed E-state index contributed by atoms with van der Waals surface area (Å²) in [7, 11) is 1.51. The zero-order valence-electron chi connectivity index (χ0n) is 16.7. The Kier molecular flexibility index (Phi) is 6.65. The van der Waals surface area contributed by atoms with Crippen molar-refractivity contribution in [3.63, 3.8) is 0 Å². The molecule has 0 unspecified atom stereocenters. The molecule has 1 aliphatic rings. The number of hydrogen-bond donors (Lipinski definition) is 0. The Morgan fingerprint density at radius 1 is 1.24 bits per heavy atom. The largest absolute Gasteiger partial charge is 0.496 e. The molecule has 0 spiro atoms. The van der Waals surface area contributed by atoms with Crippen LogP contribution in [-0.4, -0.2) is 42.9 Å². The van der Waals surface area contributed by atoms with E-state index in [1.165, 1.54) is 12.0 Å². The smallest absolute Gasteiger partial charge is 0.416 e. The van der Waals surface area contributed by atoms with E-state index in [0.29, 0.717) is 30.6 Å². The molecular formula is C23H25NO5. The van der Waals surface area contributed by atoms with E-state index in [4.69, 9.17) is 9.47 Å². The van der Waals surface area contributed by atoms with Gasteiger partial charge in [-0.1, -0.05) is 43.3 Å². The van der Waals surface area contributed by atoms with Gasteiger partial charge in [-0.2, -0.15) is 0 Å². The van der Waals surface area contributed by atoms with Crippen molar-refractivity contribution >= 4 is 18.3 Å². The van der Waals surface area contributed by atoms with E-state index in [1.54, 1.807) is 12.1 Å². The van der Waals surface area contributed by atoms with Crippen LogP contribution >= 0.6 is 0 Å². The first-order chi connectivity index (χ1) is 14.1. The summed E-state index contributed by atoms with van der Waals surface area (Å²) in [6.07, 6.45) is 1.72. The Hall–Kier alpha value is -3.15. The van der Waals surface area contributed by atoms with Gasteiger partial charge < -0.3 is 9.47 Å². The molecular weight excluding hydrogens is 370 g/mol. The zero-order chi connectivity index (χ0) is 20.8. The molecule has 152 valence electrons. The molecule has 0 radical (unpaired) electrons. The fraction of sp³-hybridized carbons (Fsp3) is 0.348. The van der Waals surface area contributed by atoms with Crippen LogP contribution in [0.1, 0.15) is 34.8 Å². The van der Waals surface area contributed by atoms with Crippen molar-refractivity contribution in [1.82, 2.24) is 4.90 Å². The number of hydrogen-bond acceptors (Lipinski definition) is 5. The molecule has 2 atom stereocenters. The first-order valence-electron chi connectivity index (χ1n) is 9.73. The minimum absolute atomic E-state index is 0.202. The average Bonchev–Trinajstić information content (AvgIpc) is 3.11. The lowest BCUT2D eigenvalue weighted by molar-refractivity contribution is -0.133. The van der Waals surface area contributed by atoms with Gasteiger partial charge in [0.2, 0.25) is 5.91 Å². The summed E-state index contributed by atoms with van der Waals surface area (Å²) in [5.74, 6) is -0.125. The Bertz CT molecular complexity index is 880. The fourth-order valence-corrected chi connectivity index (χ4v) is 3.66. The second-order valence-electron chi connectivity index (χ2n) is 7.13. The SMILES string of the molecule is CC[C@@H](Cc1ccc(OC)c(C=O)c1)C(=O)N1C(=O)OC[C@H]1Cc1ccccc1. The number of carbonyl (C=O) groups is 3. The molecule has 1 fully saturated rings. The van der Waals surface area contributed by atoms with E-state index in [1.807, 2.05) is 43.3 Å². The van der Waals surface area contributed by atoms with Gasteiger partial charge in [0, 0.05) is 5.92 Å². The summed E-state index contributed by atoms with van der Waals surface area (Å²) in [4.78, 5) is 38.0. The third-order valence-electron chi connectivity index (χ3n) is 5.26. The number of nitrogens with zero attached hydrogens (tertiary/aromatic N) is 1. The first kappa shape index (κ1) is 20.6. The maximum Gasteiger partial charge on any atom is 0.416 e. The summed E-state index contributed by atoms with van der Waals surface area (Å²) < 4.78 is 10.4. The molecule has 0 aromatic heterocycles. The van der Waals surface area contributed by atoms with Crippen LogP contribution in [0, 0.1) is 5.92 Å². The highest BCUT2D eigenvalue weighted by atomic mass is 16.6. The van der Waals surface area contributed by atoms with Crippen molar-refractivity contribution in [2.45, 2.75) is 32.2 Å². The van der Waals surface area contributed by atoms with Gasteiger partial charge in [-0.3, -0.25) is 9.59 Å². The second-order valence-corrected chi connectivity index (χ2v) is 7.13. The van der Waals surface area contributed by atoms with Crippen molar-refractivity contribution in [1.29, 1.82) is 0 Å². The van der Waals surface area contributed by atoms with E-state index >= 15 is 0 Å². The number of ether oxygens (including phenoxy) is 2. The molecule has 2 amide bonds. The monoisotopic (exact) mass is 395 g/mol. The molecule has 6 nitrogen and oxygen atoms in total. The van der Waals surface area contributed by atoms with E-state index in [2.05, 4.69) is 0 Å². The molecule has 2 aromatic rings. The number of amides is 2. The molecule has 3 rings (SSSR count). The number of methoxy groups -OCH3 is 1. The minimum Gasteiger partial charge on any atom is -0.496 e. The highest BCUT2D eigenvalue weighted by molar-refractivity contribution is 5.95. The number of cyclic esters (lactones) is 1. The summed E-state index contributed by atoms with van der Waals surface area (Å²) in [5.41, 5.74) is 2.34. The minimum atomic E-state index is -0.585. The summed E-state index contributed by atoms with van der Waals surface area (Å²) in [6, 6.07) is 14.7. The van der Waals surface area contributed by atoms with Gasteiger partial charge in [-0.15, -0.1) is 0 Å². The van der Waals surface area contributed by atoms with E-state index in [-0.39, 0.29) is 24.5 Å². The van der Waals surface area contributed by atoms with Crippen molar-refractivity contribution in [3.8, 4) is 5.75 Å². The third kappa shape index (κ3) is 4.65. The molecule has 0 aliphatic carbocycles. The molecule has 1 saturated heterocycles. The van der Waals surface area contributed by atoms with Crippen molar-refractivity contribution in [3.05, 3.63) is 65.2 Å². The number of rotatable bonds is 8. The molecule has 1 heterocycles. The van der Waals surface area contributed by atoms with Crippen LogP contribution in [0.3, 0.4) is 0 Å². The van der Waals surface area contributed by atoms with Crippen LogP contribution < -0.4 is 4.74 Å². The Morgan fingerprint density at radius 3 is 2.66 bits per heavy atom. The molecule has 0 N–H and O–H groups in total. The van der Waals surface area contributed by atoms with Gasteiger partial charge in [-0.25, -0.2) is 9.69 Å². The lowest BCUT2D eigenvalue weighted by Gasteiger charge is -2.24. The molecule has 6 heteroatoms. The molecule has 29 heavy (non-hydrogen) atoms. The number of aldehydes is 1. The second kappa shape index (κ2) is 9.37. The number of carbonyl (C=O) groups excluding carboxylic acids is 3. The number of imide groups is 1. The van der Waals surface area contributed by atoms with Crippen molar-refractivity contribution < 1.29 is 23.9 Å². The normalized spacial score (nSPS) is 17.0. The topological polar surface area (TPSA) is 72.9 Å². The van der Waals surface area contributed by atoms with Gasteiger partial charge in [0.05, 0.1) is 18.7 Å². The van der Waals surface area contributed by atoms with Gasteiger partial charge in [-0.05, 0) is 42.5 Å². The maximum atomic E-state index is 13.2. The van der Waals surface area contributed by atoms with Crippen LogP contribution in [0.4, 0.5) is 4.79 Å². The quantitative estimate of drug-likeness (QED) is 0.638. The van der Waals surface area contributed by atoms with Gasteiger partial charge in [0.25, 0.3) is 0 Å². The van der Waals surface area contributed by atoms with Gasteiger partial charge in [0.1, 0.15) is 12.4 Å². The van der Waals surface area contributed by atoms with Gasteiger partial charge in [0.15, 0.2) is 6.29 Å². The Balaban J connectivity index is 1.76. The molecule has 1 aliphatic heterocycles. The van der Waals surface area contributed by atoms with E-state index in [0.717, 1.165) is 17.4 Å². The molecule has 0 bridgehead atoms. The van der Waals surface area contributed by atoms with Crippen molar-refractivity contribution in [2.75, 3.05) is 13.7 Å². The maximum absolute atomic E-state index is 13.2. The van der Waals surface area contributed by atoms with Crippen LogP contribution in [-0.2, 0) is 22.4 Å². The highest BCUT2D eigenvalue weighted by Gasteiger charge is 2.40. The molecule has 0 saturated carbocycles. The summed E-state index contributed by atoms with van der Waals surface area (Å²) in [6.45, 7) is 2.12. The lowest BCUT2D eigenvalue weighted by Crippen LogP contribution is -2.44. The van der Waals surface area contributed by atoms with E-state index < -0.39 is 6.09 Å². The predicted octanol–water partition coefficient (Wildman–Crippen LogP) is 3.67. The highest BCUT2D eigenvalue weighted by Crippen LogP contribution is 2.25. The summed E-state index contributed by atoms with van der Waals surface area (Å²) in [5, 5.41) is 0. The summed E-state index contributed by atoms with van der Waals surface area (Å²) >= 11 is 0. The van der Waals surface area contributed by atoms with Crippen molar-refractivity contribution in [2.24, 2.45) is 5.92 Å². The van der Waals surface area contributed by atoms with Crippen LogP contribution in [0.25, 0.3) is 0 Å². The lowest BCUT2D eigenvalue weighted by atomic mass is 9.93. The first-order valence-corrected chi connectivity index (χ1v) is 9.73. The van der Waals surface area contributed by atoms with Crippen LogP contribution in [0.15, 0.2) is 48.5 Å². The average molecular weight is 395 g/mol. The Morgan fingerprint density at radius 2 is 2.00 bits per heavy atom. The number of benzene rings is 2. The zero-order valence-corrected chi connectivity index (χ0v) is 16.7. The molecule has 2 aromatic carbocycles. The fourth-order valence-electron chi connectivity index (χ4n) is 3.66. The van der Waals surface area contributed by atoms with Gasteiger partial charge >= 0.3 is 6.09 Å². The Labute approximate surface area is 170 Å². The standard InChI is InChI=1S/C23H25NO5/c1-3-18(11-17-9-10-21(28-2)19(12-17)14-25)22(26)24-20(15-29-23(24)27)13-16-7-5-4-6-8-16/h4-10,12,14,18,20H,3,11,13,15H2,1-2H3/t18-,20+/m0/s1. The van der Waals surface area contributed by atoms with E-state index in [9.17, 15) is 14.4 Å². The predicted molar refractivity (Wildman–Crippen MR) is 108 cm³/mol. The third-order valence-corrected chi connectivity index (χ3v) is 5.26. The van der Waals surface area contributed by atoms with Crippen LogP contribution in [0.2, 0.25) is 0 Å².